The summed E-state index contributed by atoms with van der Waals surface area (Å²) < 4.78 is 5.04. The summed E-state index contributed by atoms with van der Waals surface area (Å²) in [5.41, 5.74) is 4.75. The molecule has 2 aromatic rings. The van der Waals surface area contributed by atoms with Gasteiger partial charge in [-0.25, -0.2) is 0 Å². The second-order valence-corrected chi connectivity index (χ2v) is 3.83. The van der Waals surface area contributed by atoms with E-state index in [-0.39, 0.29) is 28.7 Å². The maximum Gasteiger partial charge on any atom is 2.00 e. The summed E-state index contributed by atoms with van der Waals surface area (Å²) in [5.74, 6) is 0.465. The van der Waals surface area contributed by atoms with Crippen molar-refractivity contribution < 1.29 is 31.7 Å². The number of amides is 1. The fourth-order valence-electron chi connectivity index (χ4n) is 1.53. The molecule has 0 saturated heterocycles. The Labute approximate surface area is 132 Å². The van der Waals surface area contributed by atoms with Crippen molar-refractivity contribution in [1.29, 1.82) is 0 Å². The smallest absolute Gasteiger partial charge is 0.590 e. The molecule has 0 saturated carbocycles. The molecular formula is C14H14MnN3O3+3. The van der Waals surface area contributed by atoms with Crippen LogP contribution in [0.25, 0.3) is 5.43 Å². The van der Waals surface area contributed by atoms with Gasteiger partial charge in [0.25, 0.3) is 5.91 Å². The summed E-state index contributed by atoms with van der Waals surface area (Å²) in [6, 6.07) is 8.40. The van der Waals surface area contributed by atoms with Crippen LogP contribution in [0.4, 0.5) is 0 Å². The van der Waals surface area contributed by atoms with Gasteiger partial charge in [0.1, 0.15) is 0 Å². The molecule has 1 amide bonds. The minimum atomic E-state index is -0.210. The van der Waals surface area contributed by atoms with Crippen molar-refractivity contribution in [1.82, 2.24) is 4.98 Å². The number of aromatic nitrogens is 1. The number of pyridine rings is 1. The normalized spacial score (nSPS) is 9.95. The van der Waals surface area contributed by atoms with E-state index in [9.17, 15) is 4.79 Å². The maximum absolute atomic E-state index is 9.71. The summed E-state index contributed by atoms with van der Waals surface area (Å²) in [6.07, 6.45) is 4.49. The first-order valence-corrected chi connectivity index (χ1v) is 5.81. The third-order valence-corrected chi connectivity index (χ3v) is 2.57. The molecule has 1 aromatic heterocycles. The third-order valence-electron chi connectivity index (χ3n) is 2.57. The van der Waals surface area contributed by atoms with Crippen LogP contribution in [-0.4, -0.2) is 34.1 Å². The van der Waals surface area contributed by atoms with Gasteiger partial charge in [-0.3, -0.25) is 9.78 Å². The molecule has 0 spiro atoms. The van der Waals surface area contributed by atoms with E-state index < -0.39 is 0 Å². The number of rotatable bonds is 4. The number of para-hydroxylation sites is 1. The zero-order valence-electron chi connectivity index (χ0n) is 11.2. The fourth-order valence-corrected chi connectivity index (χ4v) is 1.53. The van der Waals surface area contributed by atoms with Crippen LogP contribution in [0.5, 0.6) is 11.5 Å². The van der Waals surface area contributed by atoms with E-state index in [0.717, 1.165) is 0 Å². The van der Waals surface area contributed by atoms with Crippen LogP contribution in [0.1, 0.15) is 11.1 Å². The van der Waals surface area contributed by atoms with Crippen LogP contribution in [0.3, 0.4) is 0 Å². The van der Waals surface area contributed by atoms with Crippen molar-refractivity contribution in [3.63, 3.8) is 0 Å². The summed E-state index contributed by atoms with van der Waals surface area (Å²) in [4.78, 5) is 13.5. The van der Waals surface area contributed by atoms with Crippen LogP contribution in [-0.2, 0) is 17.1 Å². The standard InChI is InChI=1S/C14H13N3O3.Mn/c1-20-12-4-2-3-11(13(12)18)9-16-17-14(19)10-5-7-15-8-6-10;/h2-9H,1H3,(H2,15,16,17,18,19);/q;+2/p+1. The van der Waals surface area contributed by atoms with Gasteiger partial charge in [0.2, 0.25) is 5.75 Å². The zero-order valence-corrected chi connectivity index (χ0v) is 12.4. The molecule has 1 aromatic carbocycles. The second kappa shape index (κ2) is 8.04. The van der Waals surface area contributed by atoms with Crippen molar-refractivity contribution in [3.05, 3.63) is 59.3 Å². The molecule has 7 heteroatoms. The molecule has 0 bridgehead atoms. The van der Waals surface area contributed by atoms with Crippen molar-refractivity contribution in [2.24, 2.45) is 5.10 Å². The molecule has 6 nitrogen and oxygen atoms in total. The number of benzene rings is 1. The molecule has 0 aliphatic rings. The number of methoxy groups -OCH3 is 1. The Morgan fingerprint density at radius 3 is 2.71 bits per heavy atom. The van der Waals surface area contributed by atoms with Gasteiger partial charge >= 0.3 is 22.8 Å². The molecular weight excluding hydrogens is 313 g/mol. The van der Waals surface area contributed by atoms with Gasteiger partial charge < -0.3 is 20.4 Å². The number of nitrogens with zero attached hydrogens (tertiary/aromatic N) is 3. The van der Waals surface area contributed by atoms with E-state index >= 15 is 0 Å². The van der Waals surface area contributed by atoms with E-state index in [1.165, 1.54) is 13.3 Å². The summed E-state index contributed by atoms with van der Waals surface area (Å²) >= 11 is 0. The van der Waals surface area contributed by atoms with Gasteiger partial charge in [-0.15, -0.1) is 0 Å². The Morgan fingerprint density at radius 2 is 2.05 bits per heavy atom. The monoisotopic (exact) mass is 327 g/mol. The SMILES string of the molecule is COc1cccc(C=N[N-]C(=[OH+])c2ccncc2)c1[OH2+].[Mn+2]. The van der Waals surface area contributed by atoms with Crippen LogP contribution in [0.15, 0.2) is 47.8 Å². The van der Waals surface area contributed by atoms with E-state index in [2.05, 4.69) is 15.5 Å². The zero-order chi connectivity index (χ0) is 14.4. The molecule has 2 rings (SSSR count). The summed E-state index contributed by atoms with van der Waals surface area (Å²) in [5, 5.41) is 11.6. The van der Waals surface area contributed by atoms with Crippen molar-refractivity contribution in [2.45, 2.75) is 0 Å². The molecule has 1 radical (unpaired) electrons. The Kier molecular flexibility index (Phi) is 6.38. The number of hydrogen-bond donors (Lipinski definition) is 0. The van der Waals surface area contributed by atoms with Gasteiger partial charge in [0.05, 0.1) is 18.2 Å². The summed E-state index contributed by atoms with van der Waals surface area (Å²) in [6.45, 7) is 0. The largest absolute Gasteiger partial charge is 2.00 e. The minimum absolute atomic E-state index is 0. The average molecular weight is 327 g/mol. The Morgan fingerprint density at radius 1 is 1.33 bits per heavy atom. The van der Waals surface area contributed by atoms with Crippen LogP contribution < -0.4 is 4.74 Å². The van der Waals surface area contributed by atoms with E-state index in [1.807, 2.05) is 0 Å². The van der Waals surface area contributed by atoms with Crippen LogP contribution in [0.2, 0.25) is 0 Å². The first-order chi connectivity index (χ1) is 9.72. The number of carbonyl (C=O) groups excluding carboxylic acids is 1. The Bertz CT molecular complexity index is 633. The van der Waals surface area contributed by atoms with Gasteiger partial charge in [0, 0.05) is 18.6 Å². The Balaban J connectivity index is 0.00000220. The van der Waals surface area contributed by atoms with E-state index in [0.29, 0.717) is 16.9 Å². The van der Waals surface area contributed by atoms with Crippen molar-refractivity contribution in [2.75, 3.05) is 7.11 Å². The first kappa shape index (κ1) is 16.7. The van der Waals surface area contributed by atoms with Crippen LogP contribution >= 0.6 is 0 Å². The Hall–Kier alpha value is -2.37. The molecule has 21 heavy (non-hydrogen) atoms. The van der Waals surface area contributed by atoms with Gasteiger partial charge in [-0.1, -0.05) is 6.07 Å². The van der Waals surface area contributed by atoms with E-state index in [1.54, 1.807) is 42.7 Å². The maximum atomic E-state index is 9.71. The summed E-state index contributed by atoms with van der Waals surface area (Å²) in [7, 11) is 1.50. The first-order valence-electron chi connectivity index (χ1n) is 5.81. The molecule has 1 heterocycles. The van der Waals surface area contributed by atoms with Crippen molar-refractivity contribution in [3.8, 4) is 11.5 Å². The van der Waals surface area contributed by atoms with Gasteiger partial charge in [0.15, 0.2) is 0 Å². The number of hydrogen-bond acceptors (Lipinski definition) is 3. The second-order valence-electron chi connectivity index (χ2n) is 3.83. The van der Waals surface area contributed by atoms with Crippen molar-refractivity contribution >= 4 is 12.1 Å². The van der Waals surface area contributed by atoms with E-state index in [4.69, 9.17) is 9.84 Å². The molecule has 0 unspecified atom stereocenters. The average Bonchev–Trinajstić information content (AvgIpc) is 2.49. The fraction of sp³-hybridized carbons (Fsp3) is 0.0714. The molecule has 0 aliphatic heterocycles. The van der Waals surface area contributed by atoms with Crippen LogP contribution in [0, 0.1) is 0 Å². The molecule has 3 N–H and O–H groups in total. The molecule has 0 aliphatic carbocycles. The predicted octanol–water partition coefficient (Wildman–Crippen LogP) is 1.78. The van der Waals surface area contributed by atoms with Gasteiger partial charge in [-0.05, 0) is 24.3 Å². The molecule has 0 atom stereocenters. The molecule has 0 fully saturated rings. The number of ether oxygens (including phenoxy) is 1. The predicted molar refractivity (Wildman–Crippen MR) is 77.3 cm³/mol. The molecule has 107 valence electrons. The quantitative estimate of drug-likeness (QED) is 0.370. The minimum Gasteiger partial charge on any atom is -0.590 e. The van der Waals surface area contributed by atoms with Gasteiger partial charge in [-0.2, -0.15) is 0 Å². The topological polar surface area (TPSA) is 92.9 Å². The third kappa shape index (κ3) is 4.30.